The lowest BCUT2D eigenvalue weighted by atomic mass is 10.1. The SMILES string of the molecule is Cc1cc2c(Oc3cccnc3C)ccc(N)c2cn1. The number of pyridine rings is 2. The Hall–Kier alpha value is -2.62. The molecule has 2 aromatic heterocycles. The molecular weight excluding hydrogens is 250 g/mol. The van der Waals surface area contributed by atoms with Crippen LogP contribution >= 0.6 is 0 Å². The zero-order valence-corrected chi connectivity index (χ0v) is 11.4. The lowest BCUT2D eigenvalue weighted by molar-refractivity contribution is 0.481. The number of hydrogen-bond donors (Lipinski definition) is 1. The van der Waals surface area contributed by atoms with Gasteiger partial charge in [0.15, 0.2) is 0 Å². The van der Waals surface area contributed by atoms with Crippen molar-refractivity contribution in [1.82, 2.24) is 9.97 Å². The Labute approximate surface area is 117 Å². The van der Waals surface area contributed by atoms with Crippen molar-refractivity contribution < 1.29 is 4.74 Å². The number of nitrogens with zero attached hydrogens (tertiary/aromatic N) is 2. The second-order valence-electron chi connectivity index (χ2n) is 4.71. The smallest absolute Gasteiger partial charge is 0.148 e. The van der Waals surface area contributed by atoms with Crippen molar-refractivity contribution in [2.75, 3.05) is 5.73 Å². The predicted octanol–water partition coefficient (Wildman–Crippen LogP) is 3.62. The largest absolute Gasteiger partial charge is 0.455 e. The van der Waals surface area contributed by atoms with Crippen LogP contribution < -0.4 is 10.5 Å². The Morgan fingerprint density at radius 3 is 2.65 bits per heavy atom. The number of fused-ring (bicyclic) bond motifs is 1. The molecule has 3 aromatic rings. The molecule has 0 spiro atoms. The summed E-state index contributed by atoms with van der Waals surface area (Å²) in [5.41, 5.74) is 8.46. The number of nitrogen functional groups attached to an aromatic ring is 1. The van der Waals surface area contributed by atoms with Crippen molar-refractivity contribution in [2.45, 2.75) is 13.8 Å². The van der Waals surface area contributed by atoms with E-state index in [1.165, 1.54) is 0 Å². The standard InChI is InChI=1S/C16H15N3O/c1-10-8-12-13(9-19-10)14(17)5-6-16(12)20-15-4-3-7-18-11(15)2/h3-9H,17H2,1-2H3. The highest BCUT2D eigenvalue weighted by molar-refractivity contribution is 5.96. The van der Waals surface area contributed by atoms with Crippen molar-refractivity contribution >= 4 is 16.5 Å². The molecule has 1 aromatic carbocycles. The highest BCUT2D eigenvalue weighted by Crippen LogP contribution is 2.33. The molecule has 3 rings (SSSR count). The van der Waals surface area contributed by atoms with Crippen LogP contribution in [-0.2, 0) is 0 Å². The minimum absolute atomic E-state index is 0.697. The van der Waals surface area contributed by atoms with E-state index >= 15 is 0 Å². The van der Waals surface area contributed by atoms with Crippen molar-refractivity contribution in [3.05, 3.63) is 54.1 Å². The maximum Gasteiger partial charge on any atom is 0.148 e. The zero-order valence-electron chi connectivity index (χ0n) is 11.4. The number of hydrogen-bond acceptors (Lipinski definition) is 4. The molecule has 0 aliphatic rings. The van der Waals surface area contributed by atoms with E-state index in [-0.39, 0.29) is 0 Å². The molecule has 0 aliphatic carbocycles. The summed E-state index contributed by atoms with van der Waals surface area (Å²) in [4.78, 5) is 8.51. The summed E-state index contributed by atoms with van der Waals surface area (Å²) in [7, 11) is 0. The Kier molecular flexibility index (Phi) is 2.99. The van der Waals surface area contributed by atoms with Crippen LogP contribution in [0.3, 0.4) is 0 Å². The first-order valence-electron chi connectivity index (χ1n) is 6.39. The van der Waals surface area contributed by atoms with Crippen molar-refractivity contribution in [2.24, 2.45) is 0 Å². The topological polar surface area (TPSA) is 61.0 Å². The van der Waals surface area contributed by atoms with Crippen LogP contribution in [0.15, 0.2) is 42.7 Å². The van der Waals surface area contributed by atoms with E-state index in [1.54, 1.807) is 12.4 Å². The summed E-state index contributed by atoms with van der Waals surface area (Å²) in [5.74, 6) is 1.50. The van der Waals surface area contributed by atoms with E-state index in [0.29, 0.717) is 5.69 Å². The molecule has 100 valence electrons. The molecule has 2 heterocycles. The molecule has 2 N–H and O–H groups in total. The van der Waals surface area contributed by atoms with Crippen LogP contribution in [-0.4, -0.2) is 9.97 Å². The van der Waals surface area contributed by atoms with Crippen LogP contribution in [0.1, 0.15) is 11.4 Å². The molecule has 0 atom stereocenters. The number of aryl methyl sites for hydroxylation is 2. The molecule has 0 fully saturated rings. The first-order valence-corrected chi connectivity index (χ1v) is 6.39. The van der Waals surface area contributed by atoms with Gasteiger partial charge >= 0.3 is 0 Å². The first-order chi connectivity index (χ1) is 9.65. The fourth-order valence-electron chi connectivity index (χ4n) is 2.12. The van der Waals surface area contributed by atoms with Crippen LogP contribution in [0.4, 0.5) is 5.69 Å². The maximum atomic E-state index is 5.99. The van der Waals surface area contributed by atoms with Gasteiger partial charge in [-0.1, -0.05) is 0 Å². The molecule has 0 unspecified atom stereocenters. The maximum absolute atomic E-state index is 5.99. The molecule has 0 saturated carbocycles. The van der Waals surface area contributed by atoms with Gasteiger partial charge in [-0.3, -0.25) is 9.97 Å². The number of aromatic nitrogens is 2. The van der Waals surface area contributed by atoms with Crippen LogP contribution in [0.5, 0.6) is 11.5 Å². The van der Waals surface area contributed by atoms with E-state index in [0.717, 1.165) is 33.7 Å². The summed E-state index contributed by atoms with van der Waals surface area (Å²) >= 11 is 0. The van der Waals surface area contributed by atoms with Gasteiger partial charge in [0, 0.05) is 34.5 Å². The molecular formula is C16H15N3O. The average molecular weight is 265 g/mol. The fraction of sp³-hybridized carbons (Fsp3) is 0.125. The van der Waals surface area contributed by atoms with Gasteiger partial charge in [-0.2, -0.15) is 0 Å². The van der Waals surface area contributed by atoms with E-state index in [2.05, 4.69) is 9.97 Å². The van der Waals surface area contributed by atoms with Gasteiger partial charge in [0.1, 0.15) is 11.5 Å². The third-order valence-electron chi connectivity index (χ3n) is 3.21. The van der Waals surface area contributed by atoms with Gasteiger partial charge in [0.2, 0.25) is 0 Å². The summed E-state index contributed by atoms with van der Waals surface area (Å²) in [6.45, 7) is 3.86. The monoisotopic (exact) mass is 265 g/mol. The second kappa shape index (κ2) is 4.81. The van der Waals surface area contributed by atoms with Crippen LogP contribution in [0.25, 0.3) is 10.8 Å². The van der Waals surface area contributed by atoms with Gasteiger partial charge in [-0.25, -0.2) is 0 Å². The number of rotatable bonds is 2. The quantitative estimate of drug-likeness (QED) is 0.719. The third kappa shape index (κ3) is 2.16. The van der Waals surface area contributed by atoms with Crippen molar-refractivity contribution in [3.8, 4) is 11.5 Å². The molecule has 0 amide bonds. The Morgan fingerprint density at radius 2 is 1.85 bits per heavy atom. The molecule has 4 heteroatoms. The van der Waals surface area contributed by atoms with Gasteiger partial charge < -0.3 is 10.5 Å². The van der Waals surface area contributed by atoms with Gasteiger partial charge in [-0.05, 0) is 44.2 Å². The molecule has 20 heavy (non-hydrogen) atoms. The van der Waals surface area contributed by atoms with E-state index < -0.39 is 0 Å². The number of benzene rings is 1. The lowest BCUT2D eigenvalue weighted by Gasteiger charge is -2.12. The van der Waals surface area contributed by atoms with E-state index in [1.807, 2.05) is 44.2 Å². The molecule has 0 bridgehead atoms. The molecule has 4 nitrogen and oxygen atoms in total. The number of anilines is 1. The summed E-state index contributed by atoms with van der Waals surface area (Å²) in [6.07, 6.45) is 3.53. The lowest BCUT2D eigenvalue weighted by Crippen LogP contribution is -1.94. The van der Waals surface area contributed by atoms with Gasteiger partial charge in [0.05, 0.1) is 5.69 Å². The predicted molar refractivity (Wildman–Crippen MR) is 79.9 cm³/mol. The van der Waals surface area contributed by atoms with E-state index in [9.17, 15) is 0 Å². The summed E-state index contributed by atoms with van der Waals surface area (Å²) in [6, 6.07) is 9.45. The Bertz CT molecular complexity index is 784. The van der Waals surface area contributed by atoms with Crippen molar-refractivity contribution in [3.63, 3.8) is 0 Å². The average Bonchev–Trinajstić information content (AvgIpc) is 2.44. The van der Waals surface area contributed by atoms with Crippen molar-refractivity contribution in [1.29, 1.82) is 0 Å². The van der Waals surface area contributed by atoms with E-state index in [4.69, 9.17) is 10.5 Å². The second-order valence-corrected chi connectivity index (χ2v) is 4.71. The first kappa shape index (κ1) is 12.4. The minimum atomic E-state index is 0.697. The van der Waals surface area contributed by atoms with Gasteiger partial charge in [-0.15, -0.1) is 0 Å². The Balaban J connectivity index is 2.15. The van der Waals surface area contributed by atoms with Crippen LogP contribution in [0, 0.1) is 13.8 Å². The molecule has 0 saturated heterocycles. The molecule has 0 aliphatic heterocycles. The highest BCUT2D eigenvalue weighted by atomic mass is 16.5. The van der Waals surface area contributed by atoms with Gasteiger partial charge in [0.25, 0.3) is 0 Å². The zero-order chi connectivity index (χ0) is 14.1. The summed E-state index contributed by atoms with van der Waals surface area (Å²) < 4.78 is 5.99. The number of ether oxygens (including phenoxy) is 1. The fourth-order valence-corrected chi connectivity index (χ4v) is 2.12. The molecule has 0 radical (unpaired) electrons. The Morgan fingerprint density at radius 1 is 1.00 bits per heavy atom. The summed E-state index contributed by atoms with van der Waals surface area (Å²) in [5, 5.41) is 1.86. The van der Waals surface area contributed by atoms with Crippen LogP contribution in [0.2, 0.25) is 0 Å². The number of nitrogens with two attached hydrogens (primary N) is 1. The highest BCUT2D eigenvalue weighted by Gasteiger charge is 2.08. The normalized spacial score (nSPS) is 10.7. The third-order valence-corrected chi connectivity index (χ3v) is 3.21. The minimum Gasteiger partial charge on any atom is -0.455 e.